The highest BCUT2D eigenvalue weighted by Crippen LogP contribution is 2.41. The van der Waals surface area contributed by atoms with Gasteiger partial charge in [0.25, 0.3) is 0 Å². The molecule has 2 aromatic rings. The van der Waals surface area contributed by atoms with Gasteiger partial charge < -0.3 is 14.2 Å². The van der Waals surface area contributed by atoms with Crippen LogP contribution in [-0.4, -0.2) is 25.4 Å². The molecule has 2 atom stereocenters. The minimum atomic E-state index is -0.597. The van der Waals surface area contributed by atoms with E-state index in [1.165, 1.54) is 0 Å². The number of fused-ring (bicyclic) bond motifs is 1. The lowest BCUT2D eigenvalue weighted by Gasteiger charge is -2.31. The van der Waals surface area contributed by atoms with Crippen LogP contribution >= 0.6 is 0 Å². The maximum Gasteiger partial charge on any atom is 0.233 e. The summed E-state index contributed by atoms with van der Waals surface area (Å²) in [4.78, 5) is 10.7. The van der Waals surface area contributed by atoms with E-state index in [4.69, 9.17) is 14.2 Å². The van der Waals surface area contributed by atoms with E-state index in [-0.39, 0.29) is 24.4 Å². The van der Waals surface area contributed by atoms with Crippen molar-refractivity contribution in [2.45, 2.75) is 18.6 Å². The van der Waals surface area contributed by atoms with Crippen molar-refractivity contribution in [2.75, 3.05) is 20.4 Å². The van der Waals surface area contributed by atoms with Gasteiger partial charge in [0.15, 0.2) is 6.79 Å². The van der Waals surface area contributed by atoms with Gasteiger partial charge in [-0.2, -0.15) is 0 Å². The first-order valence-electron chi connectivity index (χ1n) is 7.74. The molecule has 0 aromatic heterocycles. The average molecular weight is 329 g/mol. The Morgan fingerprint density at radius 2 is 2.00 bits per heavy atom. The molecule has 0 aliphatic carbocycles. The molecule has 0 fully saturated rings. The smallest absolute Gasteiger partial charge is 0.233 e. The zero-order chi connectivity index (χ0) is 16.9. The number of benzene rings is 2. The fraction of sp³-hybridized carbons (Fsp3) is 0.333. The Bertz CT molecular complexity index is 704. The fourth-order valence-corrected chi connectivity index (χ4v) is 3.01. The third-order valence-corrected chi connectivity index (χ3v) is 4.05. The molecule has 24 heavy (non-hydrogen) atoms. The Kier molecular flexibility index (Phi) is 5.08. The molecule has 1 heterocycles. The first kappa shape index (κ1) is 16.4. The molecule has 3 rings (SSSR count). The SMILES string of the molecule is COCOc1cccc2c1CC(c1ccccc1)OC2C[N+](=O)[O-]. The van der Waals surface area contributed by atoms with Crippen LogP contribution in [0.15, 0.2) is 48.5 Å². The first-order chi connectivity index (χ1) is 11.7. The van der Waals surface area contributed by atoms with Crippen molar-refractivity contribution in [1.29, 1.82) is 0 Å². The molecular weight excluding hydrogens is 310 g/mol. The van der Waals surface area contributed by atoms with Gasteiger partial charge in [-0.25, -0.2) is 0 Å². The lowest BCUT2D eigenvalue weighted by Crippen LogP contribution is -2.26. The quantitative estimate of drug-likeness (QED) is 0.462. The minimum absolute atomic E-state index is 0.132. The molecule has 0 bridgehead atoms. The number of hydrogen-bond acceptors (Lipinski definition) is 5. The molecule has 0 spiro atoms. The van der Waals surface area contributed by atoms with Gasteiger partial charge in [0.1, 0.15) is 11.9 Å². The van der Waals surface area contributed by atoms with Crippen molar-refractivity contribution in [3.8, 4) is 5.75 Å². The zero-order valence-corrected chi connectivity index (χ0v) is 13.4. The van der Waals surface area contributed by atoms with Crippen LogP contribution in [0, 0.1) is 10.1 Å². The highest BCUT2D eigenvalue weighted by Gasteiger charge is 2.33. The van der Waals surface area contributed by atoms with Crippen molar-refractivity contribution in [1.82, 2.24) is 0 Å². The molecule has 0 amide bonds. The summed E-state index contributed by atoms with van der Waals surface area (Å²) in [6.45, 7) is -0.142. The zero-order valence-electron chi connectivity index (χ0n) is 13.4. The standard InChI is InChI=1S/C18H19NO5/c1-22-12-23-16-9-5-8-14-15(16)10-17(13-6-3-2-4-7-13)24-18(14)11-19(20)21/h2-9,17-18H,10-12H2,1H3. The van der Waals surface area contributed by atoms with Crippen LogP contribution in [0.25, 0.3) is 0 Å². The van der Waals surface area contributed by atoms with Crippen LogP contribution in [-0.2, 0) is 15.9 Å². The Morgan fingerprint density at radius 1 is 1.21 bits per heavy atom. The molecule has 0 saturated carbocycles. The normalized spacial score (nSPS) is 19.5. The molecule has 6 heteroatoms. The molecule has 2 unspecified atom stereocenters. The van der Waals surface area contributed by atoms with E-state index in [0.717, 1.165) is 16.7 Å². The fourth-order valence-electron chi connectivity index (χ4n) is 3.01. The number of nitro groups is 1. The number of rotatable bonds is 6. The lowest BCUT2D eigenvalue weighted by molar-refractivity contribution is -0.494. The molecule has 1 aliphatic rings. The van der Waals surface area contributed by atoms with Gasteiger partial charge in [-0.1, -0.05) is 42.5 Å². The van der Waals surface area contributed by atoms with Gasteiger partial charge >= 0.3 is 0 Å². The largest absolute Gasteiger partial charge is 0.467 e. The van der Waals surface area contributed by atoms with E-state index in [1.807, 2.05) is 48.5 Å². The van der Waals surface area contributed by atoms with E-state index >= 15 is 0 Å². The van der Waals surface area contributed by atoms with Crippen molar-refractivity contribution >= 4 is 0 Å². The van der Waals surface area contributed by atoms with Crippen LogP contribution in [0.3, 0.4) is 0 Å². The average Bonchev–Trinajstić information content (AvgIpc) is 2.60. The van der Waals surface area contributed by atoms with Crippen LogP contribution in [0.5, 0.6) is 5.75 Å². The summed E-state index contributed by atoms with van der Waals surface area (Å²) >= 11 is 0. The van der Waals surface area contributed by atoms with Crippen LogP contribution in [0.4, 0.5) is 0 Å². The van der Waals surface area contributed by atoms with E-state index < -0.39 is 6.10 Å². The monoisotopic (exact) mass is 329 g/mol. The molecule has 6 nitrogen and oxygen atoms in total. The second-order valence-corrected chi connectivity index (χ2v) is 5.62. The molecule has 0 radical (unpaired) electrons. The van der Waals surface area contributed by atoms with Crippen LogP contribution in [0.1, 0.15) is 28.9 Å². The summed E-state index contributed by atoms with van der Waals surface area (Å²) < 4.78 is 16.7. The molecule has 1 aliphatic heterocycles. The van der Waals surface area contributed by atoms with Gasteiger partial charge in [0, 0.05) is 24.0 Å². The maximum atomic E-state index is 11.1. The summed E-state index contributed by atoms with van der Waals surface area (Å²) in [6.07, 6.45) is -0.232. The molecule has 2 aromatic carbocycles. The summed E-state index contributed by atoms with van der Waals surface area (Å²) in [7, 11) is 1.56. The van der Waals surface area contributed by atoms with Crippen molar-refractivity contribution < 1.29 is 19.1 Å². The summed E-state index contributed by atoms with van der Waals surface area (Å²) in [5, 5.41) is 11.1. The third kappa shape index (κ3) is 3.55. The Balaban J connectivity index is 1.97. The van der Waals surface area contributed by atoms with Crippen molar-refractivity contribution in [3.63, 3.8) is 0 Å². The van der Waals surface area contributed by atoms with Gasteiger partial charge in [-0.05, 0) is 17.2 Å². The second-order valence-electron chi connectivity index (χ2n) is 5.62. The van der Waals surface area contributed by atoms with E-state index in [1.54, 1.807) is 7.11 Å². The Morgan fingerprint density at radius 3 is 2.71 bits per heavy atom. The molecular formula is C18H19NO5. The van der Waals surface area contributed by atoms with E-state index in [9.17, 15) is 10.1 Å². The number of hydrogen-bond donors (Lipinski definition) is 0. The van der Waals surface area contributed by atoms with Gasteiger partial charge in [0.2, 0.25) is 6.54 Å². The Hall–Kier alpha value is -2.44. The lowest BCUT2D eigenvalue weighted by atomic mass is 9.90. The maximum absolute atomic E-state index is 11.1. The number of methoxy groups -OCH3 is 1. The first-order valence-corrected chi connectivity index (χ1v) is 7.74. The molecule has 0 N–H and O–H groups in total. The predicted molar refractivity (Wildman–Crippen MR) is 87.5 cm³/mol. The molecule has 0 saturated heterocycles. The van der Waals surface area contributed by atoms with Gasteiger partial charge in [0.05, 0.1) is 6.10 Å². The summed E-state index contributed by atoms with van der Waals surface area (Å²) in [5.74, 6) is 0.687. The second kappa shape index (κ2) is 7.42. The number of nitrogens with zero attached hydrogens (tertiary/aromatic N) is 1. The summed E-state index contributed by atoms with van der Waals surface area (Å²) in [6, 6.07) is 15.3. The van der Waals surface area contributed by atoms with E-state index in [0.29, 0.717) is 12.2 Å². The van der Waals surface area contributed by atoms with E-state index in [2.05, 4.69) is 0 Å². The van der Waals surface area contributed by atoms with Crippen LogP contribution < -0.4 is 4.74 Å². The highest BCUT2D eigenvalue weighted by molar-refractivity contribution is 5.44. The summed E-state index contributed by atoms with van der Waals surface area (Å²) in [5.41, 5.74) is 2.76. The van der Waals surface area contributed by atoms with Crippen molar-refractivity contribution in [2.24, 2.45) is 0 Å². The number of ether oxygens (including phenoxy) is 3. The topological polar surface area (TPSA) is 70.8 Å². The Labute approximate surface area is 140 Å². The predicted octanol–water partition coefficient (Wildman–Crippen LogP) is 3.30. The third-order valence-electron chi connectivity index (χ3n) is 4.05. The highest BCUT2D eigenvalue weighted by atomic mass is 16.7. The van der Waals surface area contributed by atoms with Gasteiger partial charge in [-0.3, -0.25) is 10.1 Å². The van der Waals surface area contributed by atoms with Crippen molar-refractivity contribution in [3.05, 3.63) is 75.3 Å². The van der Waals surface area contributed by atoms with Crippen LogP contribution in [0.2, 0.25) is 0 Å². The minimum Gasteiger partial charge on any atom is -0.467 e. The molecule has 126 valence electrons. The van der Waals surface area contributed by atoms with Gasteiger partial charge in [-0.15, -0.1) is 0 Å².